The predicted octanol–water partition coefficient (Wildman–Crippen LogP) is 3.63. The molecule has 0 bridgehead atoms. The van der Waals surface area contributed by atoms with Crippen LogP contribution in [0.4, 0.5) is 10.5 Å². The van der Waals surface area contributed by atoms with E-state index < -0.39 is 6.03 Å². The number of urea groups is 1. The molecule has 162 valence electrons. The molecule has 1 saturated heterocycles. The second-order valence-electron chi connectivity index (χ2n) is 8.30. The summed E-state index contributed by atoms with van der Waals surface area (Å²) in [5.74, 6) is 0.0443. The fourth-order valence-electron chi connectivity index (χ4n) is 4.75. The highest BCUT2D eigenvalue weighted by Crippen LogP contribution is 2.38. The van der Waals surface area contributed by atoms with E-state index in [2.05, 4.69) is 17.0 Å². The molecule has 1 atom stereocenters. The number of amides is 3. The zero-order chi connectivity index (χ0) is 22.1. The van der Waals surface area contributed by atoms with Crippen LogP contribution in [-0.2, 0) is 6.54 Å². The van der Waals surface area contributed by atoms with Crippen LogP contribution in [0.15, 0.2) is 78.9 Å². The van der Waals surface area contributed by atoms with Crippen LogP contribution >= 0.6 is 0 Å². The molecule has 32 heavy (non-hydrogen) atoms. The molecule has 2 heterocycles. The zero-order valence-corrected chi connectivity index (χ0v) is 17.9. The molecule has 2 aliphatic heterocycles. The van der Waals surface area contributed by atoms with Crippen LogP contribution in [0.1, 0.15) is 33.1 Å². The van der Waals surface area contributed by atoms with Crippen molar-refractivity contribution in [2.75, 3.05) is 31.1 Å². The summed E-state index contributed by atoms with van der Waals surface area (Å²) in [5.41, 5.74) is 10.7. The maximum Gasteiger partial charge on any atom is 0.315 e. The first-order valence-corrected chi connectivity index (χ1v) is 10.9. The number of benzene rings is 3. The summed E-state index contributed by atoms with van der Waals surface area (Å²) in [6.45, 7) is 3.53. The molecular formula is C26H26N4O2. The van der Waals surface area contributed by atoms with Crippen molar-refractivity contribution in [3.05, 3.63) is 101 Å². The molecule has 2 N–H and O–H groups in total. The highest BCUT2D eigenvalue weighted by Gasteiger charge is 2.33. The van der Waals surface area contributed by atoms with Gasteiger partial charge in [0.15, 0.2) is 0 Å². The number of hydrogen-bond donors (Lipinski definition) is 1. The molecule has 0 aliphatic carbocycles. The van der Waals surface area contributed by atoms with Crippen molar-refractivity contribution in [1.82, 2.24) is 9.80 Å². The Balaban J connectivity index is 1.30. The zero-order valence-electron chi connectivity index (χ0n) is 17.9. The first kappa shape index (κ1) is 20.1. The number of nitrogens with zero attached hydrogens (tertiary/aromatic N) is 3. The van der Waals surface area contributed by atoms with E-state index in [0.717, 1.165) is 29.8 Å². The summed E-state index contributed by atoms with van der Waals surface area (Å²) in [4.78, 5) is 31.0. The molecule has 0 radical (unpaired) electrons. The number of carbonyl (C=O) groups excluding carboxylic acids is 2. The van der Waals surface area contributed by atoms with Crippen LogP contribution in [0.2, 0.25) is 0 Å². The van der Waals surface area contributed by atoms with Crippen molar-refractivity contribution in [3.8, 4) is 0 Å². The number of fused-ring (bicyclic) bond motifs is 1. The number of anilines is 1. The van der Waals surface area contributed by atoms with E-state index >= 15 is 0 Å². The summed E-state index contributed by atoms with van der Waals surface area (Å²) in [6, 6.07) is 25.3. The lowest BCUT2D eigenvalue weighted by Gasteiger charge is -2.36. The molecule has 6 heteroatoms. The smallest absolute Gasteiger partial charge is 0.315 e. The van der Waals surface area contributed by atoms with Gasteiger partial charge in [-0.2, -0.15) is 0 Å². The van der Waals surface area contributed by atoms with Crippen LogP contribution in [0, 0.1) is 0 Å². The van der Waals surface area contributed by atoms with Crippen LogP contribution in [0.3, 0.4) is 0 Å². The van der Waals surface area contributed by atoms with E-state index in [1.54, 1.807) is 4.90 Å². The van der Waals surface area contributed by atoms with Gasteiger partial charge in [0.05, 0.1) is 6.04 Å². The first-order chi connectivity index (χ1) is 15.6. The maximum absolute atomic E-state index is 13.1. The molecule has 0 aromatic heterocycles. The van der Waals surface area contributed by atoms with E-state index in [-0.39, 0.29) is 11.9 Å². The molecule has 0 saturated carbocycles. The Morgan fingerprint density at radius 3 is 2.12 bits per heavy atom. The third kappa shape index (κ3) is 3.68. The largest absolute Gasteiger partial charge is 0.368 e. The lowest BCUT2D eigenvalue weighted by atomic mass is 9.97. The Labute approximate surface area is 187 Å². The fourth-order valence-corrected chi connectivity index (χ4v) is 4.75. The minimum Gasteiger partial charge on any atom is -0.368 e. The number of nitrogens with two attached hydrogens (primary N) is 1. The van der Waals surface area contributed by atoms with Crippen LogP contribution in [0.5, 0.6) is 0 Å². The van der Waals surface area contributed by atoms with E-state index in [1.807, 2.05) is 71.6 Å². The highest BCUT2D eigenvalue weighted by molar-refractivity contribution is 5.94. The maximum atomic E-state index is 13.1. The van der Waals surface area contributed by atoms with Gasteiger partial charge in [-0.05, 0) is 41.0 Å². The number of carbonyl (C=O) groups is 2. The summed E-state index contributed by atoms with van der Waals surface area (Å²) < 4.78 is 0. The van der Waals surface area contributed by atoms with E-state index in [1.165, 1.54) is 5.69 Å². The average Bonchev–Trinajstić information content (AvgIpc) is 3.24. The molecule has 6 nitrogen and oxygen atoms in total. The van der Waals surface area contributed by atoms with Crippen LogP contribution in [-0.4, -0.2) is 47.9 Å². The van der Waals surface area contributed by atoms with Crippen LogP contribution < -0.4 is 10.6 Å². The van der Waals surface area contributed by atoms with Crippen molar-refractivity contribution in [1.29, 1.82) is 0 Å². The minimum atomic E-state index is -0.442. The van der Waals surface area contributed by atoms with Gasteiger partial charge < -0.3 is 20.4 Å². The molecule has 5 rings (SSSR count). The van der Waals surface area contributed by atoms with Gasteiger partial charge in [-0.3, -0.25) is 4.79 Å². The quantitative estimate of drug-likeness (QED) is 0.695. The lowest BCUT2D eigenvalue weighted by Crippen LogP contribution is -2.48. The Hall–Kier alpha value is -3.80. The third-order valence-corrected chi connectivity index (χ3v) is 6.45. The number of rotatable bonds is 3. The molecule has 3 aromatic carbocycles. The van der Waals surface area contributed by atoms with Crippen LogP contribution in [0.25, 0.3) is 0 Å². The molecule has 1 fully saturated rings. The van der Waals surface area contributed by atoms with Crippen molar-refractivity contribution in [3.63, 3.8) is 0 Å². The fraction of sp³-hybridized carbons (Fsp3) is 0.231. The van der Waals surface area contributed by atoms with E-state index in [4.69, 9.17) is 5.73 Å². The normalized spacial score (nSPS) is 17.9. The van der Waals surface area contributed by atoms with Crippen molar-refractivity contribution < 1.29 is 9.59 Å². The Morgan fingerprint density at radius 1 is 0.781 bits per heavy atom. The predicted molar refractivity (Wildman–Crippen MR) is 124 cm³/mol. The van der Waals surface area contributed by atoms with Gasteiger partial charge in [0.1, 0.15) is 0 Å². The Bertz CT molecular complexity index is 1120. The van der Waals surface area contributed by atoms with E-state index in [0.29, 0.717) is 25.2 Å². The lowest BCUT2D eigenvalue weighted by molar-refractivity contribution is 0.0746. The van der Waals surface area contributed by atoms with Gasteiger partial charge in [0.25, 0.3) is 5.91 Å². The monoisotopic (exact) mass is 426 g/mol. The van der Waals surface area contributed by atoms with Crippen molar-refractivity contribution in [2.24, 2.45) is 5.73 Å². The SMILES string of the molecule is NC(=O)N1Cc2ccccc2C1c1ccc(C(=O)N2CCN(c3ccccc3)CC2)cc1. The highest BCUT2D eigenvalue weighted by atomic mass is 16.2. The third-order valence-electron chi connectivity index (χ3n) is 6.45. The minimum absolute atomic E-state index is 0.0443. The van der Waals surface area contributed by atoms with E-state index in [9.17, 15) is 9.59 Å². The molecule has 3 amide bonds. The number of primary amides is 1. The van der Waals surface area contributed by atoms with Gasteiger partial charge >= 0.3 is 6.03 Å². The van der Waals surface area contributed by atoms with Gasteiger partial charge in [0.2, 0.25) is 0 Å². The summed E-state index contributed by atoms with van der Waals surface area (Å²) in [5, 5.41) is 0. The number of para-hydroxylation sites is 1. The Morgan fingerprint density at radius 2 is 1.44 bits per heavy atom. The summed E-state index contributed by atoms with van der Waals surface area (Å²) in [6.07, 6.45) is 0. The Kier molecular flexibility index (Phi) is 5.27. The van der Waals surface area contributed by atoms with Gasteiger partial charge in [-0.25, -0.2) is 4.79 Å². The molecule has 1 unspecified atom stereocenters. The first-order valence-electron chi connectivity index (χ1n) is 10.9. The van der Waals surface area contributed by atoms with Crippen molar-refractivity contribution >= 4 is 17.6 Å². The molecule has 3 aromatic rings. The van der Waals surface area contributed by atoms with Crippen molar-refractivity contribution in [2.45, 2.75) is 12.6 Å². The van der Waals surface area contributed by atoms with Gasteiger partial charge in [-0.15, -0.1) is 0 Å². The standard InChI is InChI=1S/C26H26N4O2/c27-26(32)30-18-21-6-4-5-9-23(21)24(30)19-10-12-20(13-11-19)25(31)29-16-14-28(15-17-29)22-7-2-1-3-8-22/h1-13,24H,14-18H2,(H2,27,32). The molecule has 2 aliphatic rings. The number of piperazine rings is 1. The number of hydrogen-bond acceptors (Lipinski definition) is 3. The average molecular weight is 427 g/mol. The second kappa shape index (κ2) is 8.38. The summed E-state index contributed by atoms with van der Waals surface area (Å²) in [7, 11) is 0. The molecule has 0 spiro atoms. The molecular weight excluding hydrogens is 400 g/mol. The van der Waals surface area contributed by atoms with Gasteiger partial charge in [0, 0.05) is 44.0 Å². The summed E-state index contributed by atoms with van der Waals surface area (Å²) >= 11 is 0. The topological polar surface area (TPSA) is 69.9 Å². The van der Waals surface area contributed by atoms with Gasteiger partial charge in [-0.1, -0.05) is 54.6 Å². The second-order valence-corrected chi connectivity index (χ2v) is 8.30.